The third-order valence-corrected chi connectivity index (χ3v) is 6.38. The van der Waals surface area contributed by atoms with Crippen LogP contribution >= 0.6 is 0 Å². The highest BCUT2D eigenvalue weighted by atomic mass is 32.2. The van der Waals surface area contributed by atoms with E-state index in [1.165, 1.54) is 16.4 Å². The van der Waals surface area contributed by atoms with Gasteiger partial charge in [0, 0.05) is 25.2 Å². The number of nitro benzene ring substituents is 1. The lowest BCUT2D eigenvalue weighted by Crippen LogP contribution is -2.51. The van der Waals surface area contributed by atoms with Crippen molar-refractivity contribution in [1.82, 2.24) is 4.31 Å². The molecule has 1 saturated heterocycles. The van der Waals surface area contributed by atoms with E-state index in [1.54, 1.807) is 13.0 Å². The fourth-order valence-electron chi connectivity index (χ4n) is 3.09. The molecule has 2 unspecified atom stereocenters. The Morgan fingerprint density at radius 2 is 2.14 bits per heavy atom. The zero-order valence-corrected chi connectivity index (χ0v) is 13.5. The van der Waals surface area contributed by atoms with Crippen molar-refractivity contribution in [3.63, 3.8) is 0 Å². The smallest absolute Gasteiger partial charge is 0.289 e. The van der Waals surface area contributed by atoms with E-state index in [-0.39, 0.29) is 29.1 Å². The number of benzene rings is 1. The van der Waals surface area contributed by atoms with E-state index in [4.69, 9.17) is 5.73 Å². The quantitative estimate of drug-likeness (QED) is 0.668. The number of nitrogens with zero attached hydrogens (tertiary/aromatic N) is 2. The highest BCUT2D eigenvalue weighted by molar-refractivity contribution is 7.89. The molecule has 2 N–H and O–H groups in total. The lowest BCUT2D eigenvalue weighted by Gasteiger charge is -2.38. The van der Waals surface area contributed by atoms with Crippen molar-refractivity contribution in [3.05, 3.63) is 33.9 Å². The Balaban J connectivity index is 2.58. The summed E-state index contributed by atoms with van der Waals surface area (Å²) in [6.45, 7) is 4.09. The molecule has 22 heavy (non-hydrogen) atoms. The van der Waals surface area contributed by atoms with Crippen LogP contribution < -0.4 is 5.73 Å². The number of nitrogens with two attached hydrogens (primary N) is 1. The van der Waals surface area contributed by atoms with E-state index >= 15 is 0 Å². The highest BCUT2D eigenvalue weighted by Gasteiger charge is 2.40. The van der Waals surface area contributed by atoms with Crippen LogP contribution in [0.25, 0.3) is 0 Å². The molecule has 2 rings (SSSR count). The number of sulfonamides is 1. The van der Waals surface area contributed by atoms with Gasteiger partial charge in [0.1, 0.15) is 0 Å². The Labute approximate surface area is 130 Å². The largest absolute Gasteiger partial charge is 0.329 e. The number of piperidine rings is 1. The molecule has 7 nitrogen and oxygen atoms in total. The predicted molar refractivity (Wildman–Crippen MR) is 83.0 cm³/mol. The molecule has 1 fully saturated rings. The first-order valence-corrected chi connectivity index (χ1v) is 8.70. The summed E-state index contributed by atoms with van der Waals surface area (Å²) in [6.07, 6.45) is 1.64. The van der Waals surface area contributed by atoms with Crippen molar-refractivity contribution < 1.29 is 13.3 Å². The van der Waals surface area contributed by atoms with E-state index in [0.29, 0.717) is 12.1 Å². The van der Waals surface area contributed by atoms with Crippen LogP contribution in [0.15, 0.2) is 23.1 Å². The third kappa shape index (κ3) is 2.86. The van der Waals surface area contributed by atoms with Crippen molar-refractivity contribution in [2.24, 2.45) is 11.7 Å². The van der Waals surface area contributed by atoms with Crippen molar-refractivity contribution in [2.75, 3.05) is 13.1 Å². The summed E-state index contributed by atoms with van der Waals surface area (Å²) in [7, 11) is -3.95. The Bertz CT molecular complexity index is 675. The van der Waals surface area contributed by atoms with Crippen LogP contribution in [-0.4, -0.2) is 36.8 Å². The second-order valence-corrected chi connectivity index (χ2v) is 7.55. The molecule has 1 aromatic rings. The van der Waals surface area contributed by atoms with E-state index < -0.39 is 14.9 Å². The molecule has 0 saturated carbocycles. The molecule has 0 radical (unpaired) electrons. The summed E-state index contributed by atoms with van der Waals surface area (Å²) < 4.78 is 27.4. The fraction of sp³-hybridized carbons (Fsp3) is 0.571. The first-order chi connectivity index (χ1) is 10.3. The Morgan fingerprint density at radius 3 is 2.73 bits per heavy atom. The highest BCUT2D eigenvalue weighted by Crippen LogP contribution is 2.34. The van der Waals surface area contributed by atoms with Gasteiger partial charge in [-0.25, -0.2) is 8.42 Å². The number of aryl methyl sites for hydroxylation is 1. The van der Waals surface area contributed by atoms with Crippen LogP contribution in [0.2, 0.25) is 0 Å². The Kier molecular flexibility index (Phi) is 4.84. The summed E-state index contributed by atoms with van der Waals surface area (Å²) in [4.78, 5) is 10.4. The monoisotopic (exact) mass is 327 g/mol. The first-order valence-electron chi connectivity index (χ1n) is 7.26. The number of hydrogen-bond donors (Lipinski definition) is 1. The van der Waals surface area contributed by atoms with Crippen molar-refractivity contribution in [3.8, 4) is 0 Å². The predicted octanol–water partition coefficient (Wildman–Crippen LogP) is 1.65. The van der Waals surface area contributed by atoms with Crippen LogP contribution in [0, 0.1) is 23.0 Å². The van der Waals surface area contributed by atoms with Gasteiger partial charge in [-0.05, 0) is 31.2 Å². The maximum Gasteiger partial charge on any atom is 0.289 e. The van der Waals surface area contributed by atoms with E-state index in [1.807, 2.05) is 6.92 Å². The number of hydrogen-bond acceptors (Lipinski definition) is 5. The molecule has 122 valence electrons. The van der Waals surface area contributed by atoms with E-state index in [2.05, 4.69) is 0 Å². The van der Waals surface area contributed by atoms with Crippen molar-refractivity contribution in [1.29, 1.82) is 0 Å². The van der Waals surface area contributed by atoms with Gasteiger partial charge in [-0.1, -0.05) is 19.1 Å². The molecule has 1 aliphatic rings. The van der Waals surface area contributed by atoms with Gasteiger partial charge in [0.2, 0.25) is 10.0 Å². The lowest BCUT2D eigenvalue weighted by molar-refractivity contribution is -0.388. The standard InChI is InChI=1S/C14H21N3O4S/c1-10-6-4-8-16(13(10)9-15)22(20,21)14-11(2)5-3-7-12(14)17(18)19/h3,5,7,10,13H,4,6,8-9,15H2,1-2H3. The van der Waals surface area contributed by atoms with Gasteiger partial charge in [0.25, 0.3) is 5.69 Å². The van der Waals surface area contributed by atoms with Crippen LogP contribution in [0.3, 0.4) is 0 Å². The summed E-state index contributed by atoms with van der Waals surface area (Å²) in [5, 5.41) is 11.2. The van der Waals surface area contributed by atoms with Gasteiger partial charge in [-0.3, -0.25) is 10.1 Å². The molecule has 0 amide bonds. The summed E-state index contributed by atoms with van der Waals surface area (Å²) in [6, 6.07) is 3.97. The van der Waals surface area contributed by atoms with Crippen molar-refractivity contribution >= 4 is 15.7 Å². The maximum atomic E-state index is 13.0. The van der Waals surface area contributed by atoms with Gasteiger partial charge < -0.3 is 5.73 Å². The molecule has 1 aromatic carbocycles. The second-order valence-electron chi connectivity index (χ2n) is 5.72. The molecule has 0 spiro atoms. The molecule has 8 heteroatoms. The zero-order chi connectivity index (χ0) is 16.5. The van der Waals surface area contributed by atoms with Gasteiger partial charge in [0.15, 0.2) is 4.90 Å². The molecule has 0 aliphatic carbocycles. The van der Waals surface area contributed by atoms with E-state index in [9.17, 15) is 18.5 Å². The molecule has 1 heterocycles. The molecule has 2 atom stereocenters. The van der Waals surface area contributed by atoms with Crippen LogP contribution in [0.4, 0.5) is 5.69 Å². The average molecular weight is 327 g/mol. The Hall–Kier alpha value is -1.51. The van der Waals surface area contributed by atoms with Crippen molar-refractivity contribution in [2.45, 2.75) is 37.6 Å². The normalized spacial score (nSPS) is 23.4. The minimum Gasteiger partial charge on any atom is -0.329 e. The van der Waals surface area contributed by atoms with Crippen LogP contribution in [-0.2, 0) is 10.0 Å². The summed E-state index contributed by atoms with van der Waals surface area (Å²) in [5.74, 6) is 0.136. The van der Waals surface area contributed by atoms with E-state index in [0.717, 1.165) is 12.8 Å². The molecular formula is C14H21N3O4S. The minimum absolute atomic E-state index is 0.136. The third-order valence-electron chi connectivity index (χ3n) is 4.26. The van der Waals surface area contributed by atoms with Crippen LogP contribution in [0.5, 0.6) is 0 Å². The fourth-order valence-corrected chi connectivity index (χ4v) is 5.23. The van der Waals surface area contributed by atoms with Crippen LogP contribution in [0.1, 0.15) is 25.3 Å². The first kappa shape index (κ1) is 16.9. The molecule has 0 bridgehead atoms. The second kappa shape index (κ2) is 6.31. The number of nitro groups is 1. The Morgan fingerprint density at radius 1 is 1.45 bits per heavy atom. The molecule has 0 aromatic heterocycles. The topological polar surface area (TPSA) is 107 Å². The minimum atomic E-state index is -3.95. The average Bonchev–Trinajstić information content (AvgIpc) is 2.46. The molecular weight excluding hydrogens is 306 g/mol. The van der Waals surface area contributed by atoms with Gasteiger partial charge in [-0.15, -0.1) is 0 Å². The van der Waals surface area contributed by atoms with Gasteiger partial charge >= 0.3 is 0 Å². The number of rotatable bonds is 4. The zero-order valence-electron chi connectivity index (χ0n) is 12.7. The van der Waals surface area contributed by atoms with Gasteiger partial charge in [-0.2, -0.15) is 4.31 Å². The SMILES string of the molecule is Cc1cccc([N+](=O)[O-])c1S(=O)(=O)N1CCCC(C)C1CN. The van der Waals surface area contributed by atoms with Gasteiger partial charge in [0.05, 0.1) is 4.92 Å². The maximum absolute atomic E-state index is 13.0. The summed E-state index contributed by atoms with van der Waals surface area (Å²) in [5.41, 5.74) is 5.75. The summed E-state index contributed by atoms with van der Waals surface area (Å²) >= 11 is 0. The lowest BCUT2D eigenvalue weighted by atomic mass is 9.93. The molecule has 1 aliphatic heterocycles.